The monoisotopic (exact) mass is 286 g/mol. The van der Waals surface area contributed by atoms with Crippen LogP contribution in [-0.2, 0) is 4.74 Å². The summed E-state index contributed by atoms with van der Waals surface area (Å²) in [5.41, 5.74) is 6.86. The Bertz CT molecular complexity index is 414. The maximum atomic E-state index is 12.1. The van der Waals surface area contributed by atoms with Crippen LogP contribution in [0.5, 0.6) is 5.75 Å². The second-order valence-electron chi connectivity index (χ2n) is 4.84. The Morgan fingerprint density at radius 1 is 1.35 bits per heavy atom. The summed E-state index contributed by atoms with van der Waals surface area (Å²) in [7, 11) is 1.71. The molecule has 1 heterocycles. The molecule has 0 bridgehead atoms. The van der Waals surface area contributed by atoms with Crippen molar-refractivity contribution in [2.45, 2.75) is 25.2 Å². The lowest BCUT2D eigenvalue weighted by atomic mass is 10.1. The van der Waals surface area contributed by atoms with Gasteiger partial charge in [-0.05, 0) is 24.1 Å². The third kappa shape index (κ3) is 3.65. The average molecular weight is 286 g/mol. The molecule has 1 fully saturated rings. The first kappa shape index (κ1) is 15.2. The highest BCUT2D eigenvalue weighted by Gasteiger charge is 2.28. The molecule has 2 unspecified atom stereocenters. The van der Waals surface area contributed by atoms with E-state index in [9.17, 15) is 8.78 Å². The van der Waals surface area contributed by atoms with Gasteiger partial charge in [0.05, 0.1) is 6.10 Å². The minimum absolute atomic E-state index is 0.0794. The van der Waals surface area contributed by atoms with E-state index < -0.39 is 6.61 Å². The SMILES string of the molecule is COC1CCN(C(CN)c2ccc(OC(F)F)cc2)C1. The molecule has 1 aromatic carbocycles. The van der Waals surface area contributed by atoms with Crippen molar-refractivity contribution in [3.63, 3.8) is 0 Å². The van der Waals surface area contributed by atoms with Gasteiger partial charge in [-0.15, -0.1) is 0 Å². The van der Waals surface area contributed by atoms with Crippen LogP contribution in [0.15, 0.2) is 24.3 Å². The minimum atomic E-state index is -2.80. The summed E-state index contributed by atoms with van der Waals surface area (Å²) in [5.74, 6) is 0.163. The van der Waals surface area contributed by atoms with Crippen LogP contribution >= 0.6 is 0 Å². The summed E-state index contributed by atoms with van der Waals surface area (Å²) in [6.07, 6.45) is 1.23. The Hall–Kier alpha value is -1.24. The lowest BCUT2D eigenvalue weighted by molar-refractivity contribution is -0.0498. The molecule has 1 saturated heterocycles. The fourth-order valence-electron chi connectivity index (χ4n) is 2.60. The van der Waals surface area contributed by atoms with E-state index in [4.69, 9.17) is 10.5 Å². The van der Waals surface area contributed by atoms with Crippen molar-refractivity contribution in [2.24, 2.45) is 5.73 Å². The molecule has 2 rings (SSSR count). The highest BCUT2D eigenvalue weighted by Crippen LogP contribution is 2.27. The van der Waals surface area contributed by atoms with Crippen molar-refractivity contribution in [1.82, 2.24) is 4.90 Å². The van der Waals surface area contributed by atoms with E-state index >= 15 is 0 Å². The van der Waals surface area contributed by atoms with Gasteiger partial charge in [-0.2, -0.15) is 8.78 Å². The Kier molecular flexibility index (Phi) is 5.28. The standard InChI is InChI=1S/C14H20F2N2O2/c1-19-12-6-7-18(9-12)13(8-17)10-2-4-11(5-3-10)20-14(15)16/h2-5,12-14H,6-9,17H2,1H3. The van der Waals surface area contributed by atoms with Gasteiger partial charge in [0.15, 0.2) is 0 Å². The van der Waals surface area contributed by atoms with E-state index in [1.165, 1.54) is 0 Å². The van der Waals surface area contributed by atoms with Crippen LogP contribution in [-0.4, -0.2) is 44.4 Å². The van der Waals surface area contributed by atoms with Gasteiger partial charge in [0, 0.05) is 32.8 Å². The molecule has 1 aromatic rings. The van der Waals surface area contributed by atoms with Crippen molar-refractivity contribution >= 4 is 0 Å². The quantitative estimate of drug-likeness (QED) is 0.869. The van der Waals surface area contributed by atoms with Crippen molar-refractivity contribution in [2.75, 3.05) is 26.7 Å². The predicted molar refractivity (Wildman–Crippen MR) is 71.9 cm³/mol. The summed E-state index contributed by atoms with van der Waals surface area (Å²) < 4.78 is 33.9. The van der Waals surface area contributed by atoms with Crippen LogP contribution in [0.25, 0.3) is 0 Å². The van der Waals surface area contributed by atoms with E-state index in [0.29, 0.717) is 6.54 Å². The second kappa shape index (κ2) is 6.97. The van der Waals surface area contributed by atoms with E-state index in [-0.39, 0.29) is 17.9 Å². The van der Waals surface area contributed by atoms with Gasteiger partial charge in [-0.25, -0.2) is 0 Å². The van der Waals surface area contributed by atoms with Crippen molar-refractivity contribution in [1.29, 1.82) is 0 Å². The molecule has 0 aromatic heterocycles. The number of benzene rings is 1. The molecule has 2 N–H and O–H groups in total. The second-order valence-corrected chi connectivity index (χ2v) is 4.84. The number of hydrogen-bond donors (Lipinski definition) is 1. The minimum Gasteiger partial charge on any atom is -0.435 e. The fraction of sp³-hybridized carbons (Fsp3) is 0.571. The van der Waals surface area contributed by atoms with Crippen LogP contribution in [0, 0.1) is 0 Å². The Labute approximate surface area is 117 Å². The zero-order valence-electron chi connectivity index (χ0n) is 11.5. The molecular formula is C14H20F2N2O2. The molecule has 0 amide bonds. The highest BCUT2D eigenvalue weighted by molar-refractivity contribution is 5.29. The van der Waals surface area contributed by atoms with Crippen LogP contribution in [0.4, 0.5) is 8.78 Å². The molecule has 0 saturated carbocycles. The van der Waals surface area contributed by atoms with Crippen LogP contribution in [0.3, 0.4) is 0 Å². The number of alkyl halides is 2. The van der Waals surface area contributed by atoms with Crippen LogP contribution < -0.4 is 10.5 Å². The molecule has 1 aliphatic rings. The summed E-state index contributed by atoms with van der Waals surface area (Å²) >= 11 is 0. The number of nitrogens with zero attached hydrogens (tertiary/aromatic N) is 1. The third-order valence-corrected chi connectivity index (χ3v) is 3.66. The number of rotatable bonds is 6. The molecule has 20 heavy (non-hydrogen) atoms. The number of methoxy groups -OCH3 is 1. The Morgan fingerprint density at radius 3 is 2.55 bits per heavy atom. The van der Waals surface area contributed by atoms with Gasteiger partial charge >= 0.3 is 6.61 Å². The van der Waals surface area contributed by atoms with Gasteiger partial charge < -0.3 is 15.2 Å². The van der Waals surface area contributed by atoms with Crippen LogP contribution in [0.2, 0.25) is 0 Å². The third-order valence-electron chi connectivity index (χ3n) is 3.66. The summed E-state index contributed by atoms with van der Waals surface area (Å²) in [6, 6.07) is 6.75. The molecule has 0 radical (unpaired) electrons. The first-order chi connectivity index (χ1) is 9.63. The first-order valence-electron chi connectivity index (χ1n) is 6.65. The van der Waals surface area contributed by atoms with Crippen LogP contribution in [0.1, 0.15) is 18.0 Å². The number of likely N-dealkylation sites (tertiary alicyclic amines) is 1. The lowest BCUT2D eigenvalue weighted by Crippen LogP contribution is -2.32. The number of hydrogen-bond acceptors (Lipinski definition) is 4. The molecule has 112 valence electrons. The largest absolute Gasteiger partial charge is 0.435 e. The Morgan fingerprint density at radius 2 is 2.05 bits per heavy atom. The molecular weight excluding hydrogens is 266 g/mol. The Balaban J connectivity index is 2.04. The number of nitrogens with two attached hydrogens (primary N) is 1. The maximum absolute atomic E-state index is 12.1. The summed E-state index contributed by atoms with van der Waals surface area (Å²) in [5, 5.41) is 0. The summed E-state index contributed by atoms with van der Waals surface area (Å²) in [4.78, 5) is 2.26. The maximum Gasteiger partial charge on any atom is 0.387 e. The normalized spacial score (nSPS) is 21.4. The molecule has 0 spiro atoms. The van der Waals surface area contributed by atoms with Crippen molar-refractivity contribution < 1.29 is 18.3 Å². The van der Waals surface area contributed by atoms with Crippen molar-refractivity contribution in [3.8, 4) is 5.75 Å². The van der Waals surface area contributed by atoms with Gasteiger partial charge in [0.2, 0.25) is 0 Å². The van der Waals surface area contributed by atoms with Gasteiger partial charge in [-0.3, -0.25) is 4.90 Å². The highest BCUT2D eigenvalue weighted by atomic mass is 19.3. The number of halogens is 2. The topological polar surface area (TPSA) is 47.7 Å². The first-order valence-corrected chi connectivity index (χ1v) is 6.65. The zero-order chi connectivity index (χ0) is 14.5. The molecule has 1 aliphatic heterocycles. The lowest BCUT2D eigenvalue weighted by Gasteiger charge is -2.27. The molecule has 2 atom stereocenters. The predicted octanol–water partition coefficient (Wildman–Crippen LogP) is 2.01. The van der Waals surface area contributed by atoms with E-state index in [2.05, 4.69) is 9.64 Å². The smallest absolute Gasteiger partial charge is 0.387 e. The summed E-state index contributed by atoms with van der Waals surface area (Å²) in [6.45, 7) is -0.554. The van der Waals surface area contributed by atoms with Gasteiger partial charge in [0.1, 0.15) is 5.75 Å². The van der Waals surface area contributed by atoms with E-state index in [0.717, 1.165) is 25.1 Å². The van der Waals surface area contributed by atoms with Crippen molar-refractivity contribution in [3.05, 3.63) is 29.8 Å². The van der Waals surface area contributed by atoms with E-state index in [1.807, 2.05) is 0 Å². The van der Waals surface area contributed by atoms with Gasteiger partial charge in [-0.1, -0.05) is 12.1 Å². The van der Waals surface area contributed by atoms with Gasteiger partial charge in [0.25, 0.3) is 0 Å². The molecule has 0 aliphatic carbocycles. The zero-order valence-corrected chi connectivity index (χ0v) is 11.5. The fourth-order valence-corrected chi connectivity index (χ4v) is 2.60. The molecule has 6 heteroatoms. The average Bonchev–Trinajstić information content (AvgIpc) is 2.90. The molecule has 4 nitrogen and oxygen atoms in total. The van der Waals surface area contributed by atoms with E-state index in [1.54, 1.807) is 31.4 Å². The number of ether oxygens (including phenoxy) is 2.